The maximum atomic E-state index is 13.2. The minimum atomic E-state index is -3.67. The van der Waals surface area contributed by atoms with E-state index in [1.165, 1.54) is 23.5 Å². The van der Waals surface area contributed by atoms with Crippen LogP contribution in [0.1, 0.15) is 0 Å². The molecule has 7 heteroatoms. The van der Waals surface area contributed by atoms with Gasteiger partial charge in [0.15, 0.2) is 0 Å². The SMILES string of the molecule is COc1ccc(F)cc1S(=O)(=O)N1CCSCC1. The summed E-state index contributed by atoms with van der Waals surface area (Å²) in [6, 6.07) is 3.53. The van der Waals surface area contributed by atoms with Crippen LogP contribution in [-0.4, -0.2) is 44.4 Å². The van der Waals surface area contributed by atoms with Crippen LogP contribution in [0.4, 0.5) is 4.39 Å². The van der Waals surface area contributed by atoms with Gasteiger partial charge in [0, 0.05) is 24.6 Å². The van der Waals surface area contributed by atoms with Gasteiger partial charge in [-0.25, -0.2) is 12.8 Å². The molecule has 0 radical (unpaired) electrons. The summed E-state index contributed by atoms with van der Waals surface area (Å²) in [5, 5.41) is 0. The first-order valence-electron chi connectivity index (χ1n) is 5.47. The van der Waals surface area contributed by atoms with E-state index in [4.69, 9.17) is 4.74 Å². The third kappa shape index (κ3) is 2.62. The molecule has 1 aliphatic rings. The average Bonchev–Trinajstić information content (AvgIpc) is 2.39. The van der Waals surface area contributed by atoms with E-state index in [0.717, 1.165) is 17.6 Å². The molecule has 100 valence electrons. The van der Waals surface area contributed by atoms with E-state index in [1.807, 2.05) is 0 Å². The van der Waals surface area contributed by atoms with Crippen molar-refractivity contribution >= 4 is 21.8 Å². The molecule has 4 nitrogen and oxygen atoms in total. The Balaban J connectivity index is 2.42. The van der Waals surface area contributed by atoms with Crippen molar-refractivity contribution < 1.29 is 17.5 Å². The third-order valence-corrected chi connectivity index (χ3v) is 5.58. The molecular weight excluding hydrogens is 277 g/mol. The molecule has 0 spiro atoms. The summed E-state index contributed by atoms with van der Waals surface area (Å²) in [5.41, 5.74) is 0. The highest BCUT2D eigenvalue weighted by Gasteiger charge is 2.29. The summed E-state index contributed by atoms with van der Waals surface area (Å²) in [7, 11) is -2.30. The van der Waals surface area contributed by atoms with Crippen molar-refractivity contribution in [2.45, 2.75) is 4.90 Å². The summed E-state index contributed by atoms with van der Waals surface area (Å²) in [4.78, 5) is -0.100. The van der Waals surface area contributed by atoms with E-state index >= 15 is 0 Å². The number of halogens is 1. The second-order valence-electron chi connectivity index (χ2n) is 3.81. The van der Waals surface area contributed by atoms with Gasteiger partial charge >= 0.3 is 0 Å². The van der Waals surface area contributed by atoms with E-state index in [9.17, 15) is 12.8 Å². The van der Waals surface area contributed by atoms with E-state index in [-0.39, 0.29) is 10.6 Å². The number of rotatable bonds is 3. The number of benzene rings is 1. The Morgan fingerprint density at radius 2 is 2.00 bits per heavy atom. The zero-order valence-corrected chi connectivity index (χ0v) is 11.6. The molecule has 0 unspecified atom stereocenters. The molecule has 0 N–H and O–H groups in total. The molecule has 1 heterocycles. The molecule has 0 amide bonds. The number of nitrogens with zero attached hydrogens (tertiary/aromatic N) is 1. The zero-order valence-electron chi connectivity index (χ0n) is 9.93. The average molecular weight is 291 g/mol. The fourth-order valence-electron chi connectivity index (χ4n) is 1.78. The first kappa shape index (κ1) is 13.6. The summed E-state index contributed by atoms with van der Waals surface area (Å²) in [6.07, 6.45) is 0. The van der Waals surface area contributed by atoms with Crippen LogP contribution in [0, 0.1) is 5.82 Å². The molecule has 1 aromatic rings. The predicted molar refractivity (Wildman–Crippen MR) is 69.0 cm³/mol. The second-order valence-corrected chi connectivity index (χ2v) is 6.94. The lowest BCUT2D eigenvalue weighted by molar-refractivity contribution is 0.393. The molecule has 18 heavy (non-hydrogen) atoms. The number of hydrogen-bond acceptors (Lipinski definition) is 4. The lowest BCUT2D eigenvalue weighted by atomic mass is 10.3. The van der Waals surface area contributed by atoms with E-state index in [2.05, 4.69) is 0 Å². The highest BCUT2D eigenvalue weighted by Crippen LogP contribution is 2.28. The zero-order chi connectivity index (χ0) is 13.2. The normalized spacial score (nSPS) is 17.7. The first-order valence-corrected chi connectivity index (χ1v) is 8.06. The predicted octanol–water partition coefficient (Wildman–Crippen LogP) is 1.57. The Morgan fingerprint density at radius 3 is 2.61 bits per heavy atom. The van der Waals surface area contributed by atoms with Crippen molar-refractivity contribution in [3.8, 4) is 5.75 Å². The minimum Gasteiger partial charge on any atom is -0.495 e. The summed E-state index contributed by atoms with van der Waals surface area (Å²) in [5.74, 6) is 1.11. The van der Waals surface area contributed by atoms with Gasteiger partial charge in [-0.1, -0.05) is 0 Å². The number of hydrogen-bond donors (Lipinski definition) is 0. The Hall–Kier alpha value is -0.790. The van der Waals surface area contributed by atoms with Crippen molar-refractivity contribution in [2.24, 2.45) is 0 Å². The lowest BCUT2D eigenvalue weighted by Crippen LogP contribution is -2.38. The molecular formula is C11H14FNO3S2. The third-order valence-electron chi connectivity index (χ3n) is 2.71. The van der Waals surface area contributed by atoms with Crippen LogP contribution in [0.15, 0.2) is 23.1 Å². The van der Waals surface area contributed by atoms with E-state index in [0.29, 0.717) is 13.1 Å². The van der Waals surface area contributed by atoms with Gasteiger partial charge in [0.1, 0.15) is 16.5 Å². The fraction of sp³-hybridized carbons (Fsp3) is 0.455. The largest absolute Gasteiger partial charge is 0.495 e. The van der Waals surface area contributed by atoms with Gasteiger partial charge < -0.3 is 4.74 Å². The monoisotopic (exact) mass is 291 g/mol. The fourth-order valence-corrected chi connectivity index (χ4v) is 4.52. The Bertz CT molecular complexity index is 527. The topological polar surface area (TPSA) is 46.6 Å². The van der Waals surface area contributed by atoms with Gasteiger partial charge in [0.25, 0.3) is 0 Å². The molecule has 1 aromatic carbocycles. The molecule has 0 aromatic heterocycles. The summed E-state index contributed by atoms with van der Waals surface area (Å²) >= 11 is 1.71. The van der Waals surface area contributed by atoms with E-state index in [1.54, 1.807) is 11.8 Å². The summed E-state index contributed by atoms with van der Waals surface area (Å²) in [6.45, 7) is 0.902. The molecule has 1 fully saturated rings. The highest BCUT2D eigenvalue weighted by atomic mass is 32.2. The molecule has 0 saturated carbocycles. The van der Waals surface area contributed by atoms with Gasteiger partial charge in [0.05, 0.1) is 7.11 Å². The smallest absolute Gasteiger partial charge is 0.246 e. The number of ether oxygens (including phenoxy) is 1. The van der Waals surface area contributed by atoms with Crippen LogP contribution in [0.5, 0.6) is 5.75 Å². The van der Waals surface area contributed by atoms with Crippen LogP contribution in [0.3, 0.4) is 0 Å². The molecule has 0 bridgehead atoms. The standard InChI is InChI=1S/C11H14FNO3S2/c1-16-10-3-2-9(12)8-11(10)18(14,15)13-4-6-17-7-5-13/h2-3,8H,4-7H2,1H3. The quantitative estimate of drug-likeness (QED) is 0.848. The van der Waals surface area contributed by atoms with Crippen LogP contribution in [0.25, 0.3) is 0 Å². The van der Waals surface area contributed by atoms with Crippen LogP contribution in [0.2, 0.25) is 0 Å². The molecule has 0 atom stereocenters. The van der Waals surface area contributed by atoms with Gasteiger partial charge in [-0.3, -0.25) is 0 Å². The maximum Gasteiger partial charge on any atom is 0.246 e. The van der Waals surface area contributed by atoms with Crippen LogP contribution >= 0.6 is 11.8 Å². The summed E-state index contributed by atoms with van der Waals surface area (Å²) < 4.78 is 44.4. The van der Waals surface area contributed by atoms with Crippen molar-refractivity contribution in [1.82, 2.24) is 4.31 Å². The van der Waals surface area contributed by atoms with Crippen molar-refractivity contribution in [2.75, 3.05) is 31.7 Å². The van der Waals surface area contributed by atoms with Crippen molar-refractivity contribution in [1.29, 1.82) is 0 Å². The highest BCUT2D eigenvalue weighted by molar-refractivity contribution is 7.99. The first-order chi connectivity index (χ1) is 8.55. The van der Waals surface area contributed by atoms with Gasteiger partial charge in [-0.15, -0.1) is 0 Å². The molecule has 2 rings (SSSR count). The van der Waals surface area contributed by atoms with Gasteiger partial charge in [-0.2, -0.15) is 16.1 Å². The van der Waals surface area contributed by atoms with Crippen molar-refractivity contribution in [3.63, 3.8) is 0 Å². The van der Waals surface area contributed by atoms with Gasteiger partial charge in [0.2, 0.25) is 10.0 Å². The lowest BCUT2D eigenvalue weighted by Gasteiger charge is -2.26. The van der Waals surface area contributed by atoms with Crippen LogP contribution in [-0.2, 0) is 10.0 Å². The Kier molecular flexibility index (Phi) is 4.14. The van der Waals surface area contributed by atoms with Crippen LogP contribution < -0.4 is 4.74 Å². The second kappa shape index (κ2) is 5.46. The maximum absolute atomic E-state index is 13.2. The molecule has 0 aliphatic carbocycles. The Morgan fingerprint density at radius 1 is 1.33 bits per heavy atom. The number of sulfonamides is 1. The number of methoxy groups -OCH3 is 1. The van der Waals surface area contributed by atoms with E-state index < -0.39 is 15.8 Å². The molecule has 1 aliphatic heterocycles. The Labute approximate surface area is 110 Å². The van der Waals surface area contributed by atoms with Gasteiger partial charge in [-0.05, 0) is 18.2 Å². The van der Waals surface area contributed by atoms with Crippen molar-refractivity contribution in [3.05, 3.63) is 24.0 Å². The molecule has 1 saturated heterocycles. The minimum absolute atomic E-state index is 0.100. The number of thioether (sulfide) groups is 1.